The predicted molar refractivity (Wildman–Crippen MR) is 112 cm³/mol. The van der Waals surface area contributed by atoms with Gasteiger partial charge in [0.2, 0.25) is 0 Å². The van der Waals surface area contributed by atoms with E-state index >= 15 is 0 Å². The van der Waals surface area contributed by atoms with Crippen molar-refractivity contribution in [1.29, 1.82) is 0 Å². The van der Waals surface area contributed by atoms with Crippen LogP contribution in [0.15, 0.2) is 30.5 Å². The molecule has 3 nitrogen and oxygen atoms in total. The number of thiocarbonyl (C=S) groups is 1. The van der Waals surface area contributed by atoms with Gasteiger partial charge in [0, 0.05) is 30.4 Å². The number of nitrogens with zero attached hydrogens (tertiary/aromatic N) is 3. The van der Waals surface area contributed by atoms with Crippen LogP contribution in [0, 0.1) is 13.8 Å². The van der Waals surface area contributed by atoms with Gasteiger partial charge in [-0.05, 0) is 50.3 Å². The van der Waals surface area contributed by atoms with Gasteiger partial charge in [-0.15, -0.1) is 0 Å². The summed E-state index contributed by atoms with van der Waals surface area (Å²) in [4.78, 5) is 6.92. The van der Waals surface area contributed by atoms with Crippen molar-refractivity contribution in [2.24, 2.45) is 0 Å². The number of rotatable bonds is 3. The molecule has 0 bridgehead atoms. The minimum Gasteiger partial charge on any atom is -0.358 e. The van der Waals surface area contributed by atoms with E-state index in [9.17, 15) is 0 Å². The van der Waals surface area contributed by atoms with Crippen molar-refractivity contribution in [3.63, 3.8) is 0 Å². The summed E-state index contributed by atoms with van der Waals surface area (Å²) in [6.45, 7) is 6.51. The Balaban J connectivity index is 1.66. The Hall–Kier alpha value is -1.59. The molecule has 25 heavy (non-hydrogen) atoms. The highest BCUT2D eigenvalue weighted by molar-refractivity contribution is 8.22. The maximum Gasteiger partial charge on any atom is 0.136 e. The number of benzene rings is 1. The van der Waals surface area contributed by atoms with Crippen LogP contribution in [-0.2, 0) is 6.42 Å². The molecule has 0 atom stereocenters. The zero-order valence-corrected chi connectivity index (χ0v) is 16.4. The Morgan fingerprint density at radius 2 is 1.96 bits per heavy atom. The van der Waals surface area contributed by atoms with Gasteiger partial charge in [-0.2, -0.15) is 0 Å². The highest BCUT2D eigenvalue weighted by atomic mass is 32.2. The minimum absolute atomic E-state index is 1.03. The van der Waals surface area contributed by atoms with Crippen molar-refractivity contribution in [3.8, 4) is 0 Å². The number of likely N-dealkylation sites (tertiary alicyclic amines) is 1. The zero-order chi connectivity index (χ0) is 17.4. The first kappa shape index (κ1) is 16.9. The molecule has 4 rings (SSSR count). The van der Waals surface area contributed by atoms with Crippen LogP contribution in [0.3, 0.4) is 0 Å². The molecule has 0 radical (unpaired) electrons. The molecule has 1 aliphatic heterocycles. The highest BCUT2D eigenvalue weighted by Crippen LogP contribution is 2.30. The third kappa shape index (κ3) is 3.04. The fraction of sp³-hybridized carbons (Fsp3) is 0.400. The van der Waals surface area contributed by atoms with E-state index in [1.807, 2.05) is 18.0 Å². The number of para-hydroxylation sites is 1. The van der Waals surface area contributed by atoms with Crippen LogP contribution in [0.4, 0.5) is 0 Å². The number of aromatic nitrogens is 2. The van der Waals surface area contributed by atoms with E-state index in [1.54, 1.807) is 0 Å². The maximum atomic E-state index is 5.62. The van der Waals surface area contributed by atoms with Crippen molar-refractivity contribution < 1.29 is 0 Å². The molecular weight excluding hydrogens is 346 g/mol. The highest BCUT2D eigenvalue weighted by Gasteiger charge is 2.17. The fourth-order valence-electron chi connectivity index (χ4n) is 3.85. The fourth-order valence-corrected chi connectivity index (χ4v) is 5.13. The standard InChI is InChI=1S/C20H23N3S2/c1-14-13-21-15(2)23-18-8-4-3-7-16(18)17(19(14)23)9-12-25-20(24)22-10-5-6-11-22/h3-4,7-8,13H,5-6,9-12H2,1-2H3. The largest absolute Gasteiger partial charge is 0.358 e. The number of thioether (sulfide) groups is 1. The summed E-state index contributed by atoms with van der Waals surface area (Å²) in [7, 11) is 0. The summed E-state index contributed by atoms with van der Waals surface area (Å²) >= 11 is 7.45. The average molecular weight is 370 g/mol. The Morgan fingerprint density at radius 1 is 1.20 bits per heavy atom. The van der Waals surface area contributed by atoms with Gasteiger partial charge < -0.3 is 4.90 Å². The molecule has 3 heterocycles. The second-order valence-electron chi connectivity index (χ2n) is 6.73. The molecule has 0 spiro atoms. The molecule has 2 aromatic heterocycles. The first-order valence-corrected chi connectivity index (χ1v) is 10.3. The Kier molecular flexibility index (Phi) is 4.69. The van der Waals surface area contributed by atoms with Gasteiger partial charge >= 0.3 is 0 Å². The SMILES string of the molecule is Cc1cnc(C)n2c1c(CCSC(=S)N1CCCC1)c1ccccc12. The molecule has 5 heteroatoms. The Labute approximate surface area is 158 Å². The summed E-state index contributed by atoms with van der Waals surface area (Å²) in [5.74, 6) is 2.07. The van der Waals surface area contributed by atoms with Gasteiger partial charge in [0.05, 0.1) is 11.0 Å². The van der Waals surface area contributed by atoms with Crippen LogP contribution in [-0.4, -0.2) is 37.4 Å². The van der Waals surface area contributed by atoms with Crippen LogP contribution >= 0.6 is 24.0 Å². The molecule has 130 valence electrons. The van der Waals surface area contributed by atoms with Gasteiger partial charge in [0.25, 0.3) is 0 Å². The number of hydrogen-bond donors (Lipinski definition) is 0. The van der Waals surface area contributed by atoms with E-state index < -0.39 is 0 Å². The van der Waals surface area contributed by atoms with Crippen molar-refractivity contribution in [2.75, 3.05) is 18.8 Å². The quantitative estimate of drug-likeness (QED) is 0.620. The molecule has 0 unspecified atom stereocenters. The molecule has 0 N–H and O–H groups in total. The lowest BCUT2D eigenvalue weighted by atomic mass is 10.1. The van der Waals surface area contributed by atoms with E-state index in [2.05, 4.69) is 52.4 Å². The molecular formula is C20H23N3S2. The molecule has 0 amide bonds. The summed E-state index contributed by atoms with van der Waals surface area (Å²) in [5.41, 5.74) is 5.24. The molecule has 1 aliphatic rings. The normalized spacial score (nSPS) is 14.7. The third-order valence-electron chi connectivity index (χ3n) is 5.06. The van der Waals surface area contributed by atoms with Crippen LogP contribution in [0.1, 0.15) is 29.8 Å². The number of hydrogen-bond acceptors (Lipinski definition) is 3. The minimum atomic E-state index is 1.03. The maximum absolute atomic E-state index is 5.62. The van der Waals surface area contributed by atoms with Crippen LogP contribution in [0.25, 0.3) is 16.4 Å². The van der Waals surface area contributed by atoms with Crippen LogP contribution < -0.4 is 0 Å². The average Bonchev–Trinajstić information content (AvgIpc) is 3.25. The summed E-state index contributed by atoms with van der Waals surface area (Å²) in [6, 6.07) is 8.67. The second kappa shape index (κ2) is 6.96. The third-order valence-corrected chi connectivity index (χ3v) is 6.59. The first-order valence-electron chi connectivity index (χ1n) is 8.93. The number of fused-ring (bicyclic) bond motifs is 3. The topological polar surface area (TPSA) is 20.5 Å². The van der Waals surface area contributed by atoms with E-state index in [0.717, 1.165) is 35.4 Å². The monoisotopic (exact) mass is 369 g/mol. The molecule has 0 saturated carbocycles. The van der Waals surface area contributed by atoms with E-state index in [1.165, 1.54) is 40.4 Å². The molecule has 0 aliphatic carbocycles. The van der Waals surface area contributed by atoms with Crippen molar-refractivity contribution in [1.82, 2.24) is 14.3 Å². The summed E-state index contributed by atoms with van der Waals surface area (Å²) < 4.78 is 3.38. The lowest BCUT2D eigenvalue weighted by Gasteiger charge is -2.17. The van der Waals surface area contributed by atoms with Gasteiger partial charge in [-0.1, -0.05) is 42.2 Å². The molecule has 3 aromatic rings. The van der Waals surface area contributed by atoms with Crippen molar-refractivity contribution in [3.05, 3.63) is 47.4 Å². The molecule has 1 saturated heterocycles. The Morgan fingerprint density at radius 3 is 2.76 bits per heavy atom. The summed E-state index contributed by atoms with van der Waals surface area (Å²) in [5, 5.41) is 1.34. The van der Waals surface area contributed by atoms with Gasteiger partial charge in [0.1, 0.15) is 10.1 Å². The van der Waals surface area contributed by atoms with E-state index in [4.69, 9.17) is 12.2 Å². The van der Waals surface area contributed by atoms with Crippen molar-refractivity contribution >= 4 is 44.7 Å². The van der Waals surface area contributed by atoms with E-state index in [-0.39, 0.29) is 0 Å². The van der Waals surface area contributed by atoms with Crippen LogP contribution in [0.2, 0.25) is 0 Å². The zero-order valence-electron chi connectivity index (χ0n) is 14.8. The molecule has 1 aromatic carbocycles. The predicted octanol–water partition coefficient (Wildman–Crippen LogP) is 4.76. The summed E-state index contributed by atoms with van der Waals surface area (Å²) in [6.07, 6.45) is 5.58. The van der Waals surface area contributed by atoms with Crippen LogP contribution in [0.5, 0.6) is 0 Å². The molecule has 1 fully saturated rings. The lowest BCUT2D eigenvalue weighted by molar-refractivity contribution is 0.539. The Bertz CT molecular complexity index is 939. The smallest absolute Gasteiger partial charge is 0.136 e. The number of aryl methyl sites for hydroxylation is 3. The lowest BCUT2D eigenvalue weighted by Crippen LogP contribution is -2.23. The van der Waals surface area contributed by atoms with Gasteiger partial charge in [-0.3, -0.25) is 4.40 Å². The first-order chi connectivity index (χ1) is 12.2. The van der Waals surface area contributed by atoms with Gasteiger partial charge in [0.15, 0.2) is 0 Å². The second-order valence-corrected chi connectivity index (χ2v) is 8.46. The van der Waals surface area contributed by atoms with Crippen molar-refractivity contribution in [2.45, 2.75) is 33.1 Å². The van der Waals surface area contributed by atoms with Gasteiger partial charge in [-0.25, -0.2) is 4.98 Å². The van der Waals surface area contributed by atoms with E-state index in [0.29, 0.717) is 0 Å².